The smallest absolute Gasteiger partial charge is 0.256 e. The van der Waals surface area contributed by atoms with Gasteiger partial charge in [-0.1, -0.05) is 12.1 Å². The Morgan fingerprint density at radius 2 is 1.95 bits per heavy atom. The fourth-order valence-corrected chi connectivity index (χ4v) is 2.47. The number of amides is 2. The van der Waals surface area contributed by atoms with Crippen molar-refractivity contribution in [3.63, 3.8) is 0 Å². The van der Waals surface area contributed by atoms with E-state index in [4.69, 9.17) is 0 Å². The Labute approximate surface area is 118 Å². The molecule has 1 saturated heterocycles. The van der Waals surface area contributed by atoms with Gasteiger partial charge in [-0.3, -0.25) is 9.59 Å². The maximum Gasteiger partial charge on any atom is 0.256 e. The molecule has 0 unspecified atom stereocenters. The third-order valence-electron chi connectivity index (χ3n) is 3.61. The number of likely N-dealkylation sites (tertiary alicyclic amines) is 1. The number of carbonyl (C=O) groups is 2. The summed E-state index contributed by atoms with van der Waals surface area (Å²) < 4.78 is 13.6. The van der Waals surface area contributed by atoms with Crippen molar-refractivity contribution in [3.8, 4) is 0 Å². The Bertz CT molecular complexity index is 496. The molecule has 108 valence electrons. The zero-order valence-electron chi connectivity index (χ0n) is 11.6. The lowest BCUT2D eigenvalue weighted by molar-refractivity contribution is -0.126. The van der Waals surface area contributed by atoms with Gasteiger partial charge in [-0.2, -0.15) is 0 Å². The van der Waals surface area contributed by atoms with Crippen LogP contribution in [-0.4, -0.2) is 36.3 Å². The minimum atomic E-state index is -0.497. The molecule has 0 saturated carbocycles. The van der Waals surface area contributed by atoms with Crippen molar-refractivity contribution < 1.29 is 14.0 Å². The van der Waals surface area contributed by atoms with Crippen LogP contribution in [0.15, 0.2) is 24.3 Å². The summed E-state index contributed by atoms with van der Waals surface area (Å²) in [5.41, 5.74) is 0.101. The van der Waals surface area contributed by atoms with Crippen LogP contribution in [0.4, 0.5) is 4.39 Å². The summed E-state index contributed by atoms with van der Waals surface area (Å²) >= 11 is 0. The highest BCUT2D eigenvalue weighted by Gasteiger charge is 2.28. The van der Waals surface area contributed by atoms with Gasteiger partial charge in [0.25, 0.3) is 5.91 Å². The fraction of sp³-hybridized carbons (Fsp3) is 0.467. The van der Waals surface area contributed by atoms with Crippen LogP contribution in [0, 0.1) is 11.7 Å². The molecule has 0 bridgehead atoms. The molecule has 2 rings (SSSR count). The van der Waals surface area contributed by atoms with Crippen molar-refractivity contribution >= 4 is 11.8 Å². The first-order chi connectivity index (χ1) is 9.63. The molecule has 4 nitrogen and oxygen atoms in total. The van der Waals surface area contributed by atoms with Gasteiger partial charge in [0.1, 0.15) is 5.82 Å². The molecule has 0 aliphatic carbocycles. The van der Waals surface area contributed by atoms with Crippen LogP contribution in [0.5, 0.6) is 0 Å². The molecule has 0 aromatic heterocycles. The van der Waals surface area contributed by atoms with Crippen LogP contribution in [0.3, 0.4) is 0 Å². The van der Waals surface area contributed by atoms with E-state index in [0.717, 1.165) is 0 Å². The van der Waals surface area contributed by atoms with E-state index in [2.05, 4.69) is 5.32 Å². The number of nitrogens with one attached hydrogen (secondary N) is 1. The average molecular weight is 278 g/mol. The van der Waals surface area contributed by atoms with Crippen LogP contribution in [0.1, 0.15) is 30.1 Å². The van der Waals surface area contributed by atoms with E-state index in [1.54, 1.807) is 17.0 Å². The molecule has 1 N–H and O–H groups in total. The summed E-state index contributed by atoms with van der Waals surface area (Å²) in [5, 5.41) is 2.80. The van der Waals surface area contributed by atoms with Gasteiger partial charge in [0.15, 0.2) is 0 Å². The summed E-state index contributed by atoms with van der Waals surface area (Å²) in [6.07, 6.45) is 1.26. The van der Waals surface area contributed by atoms with Gasteiger partial charge in [0.05, 0.1) is 5.56 Å². The molecule has 5 heteroatoms. The minimum absolute atomic E-state index is 0.0420. The highest BCUT2D eigenvalue weighted by Crippen LogP contribution is 2.20. The largest absolute Gasteiger partial charge is 0.356 e. The van der Waals surface area contributed by atoms with Crippen LogP contribution in [-0.2, 0) is 4.79 Å². The van der Waals surface area contributed by atoms with Gasteiger partial charge < -0.3 is 10.2 Å². The normalized spacial score (nSPS) is 16.0. The van der Waals surface area contributed by atoms with Crippen LogP contribution in [0.25, 0.3) is 0 Å². The van der Waals surface area contributed by atoms with Crippen molar-refractivity contribution in [3.05, 3.63) is 35.6 Å². The van der Waals surface area contributed by atoms with E-state index in [-0.39, 0.29) is 23.3 Å². The third kappa shape index (κ3) is 3.15. The standard InChI is InChI=1S/C15H19FN2O2/c1-2-17-14(19)11-7-9-18(10-8-11)15(20)12-5-3-4-6-13(12)16/h3-6,11H,2,7-10H2,1H3,(H,17,19). The van der Waals surface area contributed by atoms with Crippen LogP contribution < -0.4 is 5.32 Å². The van der Waals surface area contributed by atoms with Gasteiger partial charge in [0.2, 0.25) is 5.91 Å². The average Bonchev–Trinajstić information content (AvgIpc) is 2.47. The maximum absolute atomic E-state index is 13.6. The second-order valence-electron chi connectivity index (χ2n) is 4.94. The summed E-state index contributed by atoms with van der Waals surface area (Å²) in [5.74, 6) is -0.786. The molecule has 1 fully saturated rings. The maximum atomic E-state index is 13.6. The van der Waals surface area contributed by atoms with E-state index in [1.807, 2.05) is 6.92 Å². The van der Waals surface area contributed by atoms with Gasteiger partial charge in [-0.15, -0.1) is 0 Å². The Hall–Kier alpha value is -1.91. The van der Waals surface area contributed by atoms with E-state index in [9.17, 15) is 14.0 Å². The number of benzene rings is 1. The van der Waals surface area contributed by atoms with Crippen LogP contribution in [0.2, 0.25) is 0 Å². The molecule has 1 aliphatic rings. The monoisotopic (exact) mass is 278 g/mol. The molecule has 0 atom stereocenters. The zero-order valence-corrected chi connectivity index (χ0v) is 11.6. The Morgan fingerprint density at radius 1 is 1.30 bits per heavy atom. The van der Waals surface area contributed by atoms with Crippen molar-refractivity contribution in [1.82, 2.24) is 10.2 Å². The number of halogens is 1. The fourth-order valence-electron chi connectivity index (χ4n) is 2.47. The Balaban J connectivity index is 1.96. The number of hydrogen-bond donors (Lipinski definition) is 1. The second-order valence-corrected chi connectivity index (χ2v) is 4.94. The number of rotatable bonds is 3. The van der Waals surface area contributed by atoms with Gasteiger partial charge in [-0.05, 0) is 31.9 Å². The topological polar surface area (TPSA) is 49.4 Å². The lowest BCUT2D eigenvalue weighted by Gasteiger charge is -2.31. The molecule has 2 amide bonds. The SMILES string of the molecule is CCNC(=O)C1CCN(C(=O)c2ccccc2F)CC1. The number of nitrogens with zero attached hydrogens (tertiary/aromatic N) is 1. The molecule has 1 aliphatic heterocycles. The summed E-state index contributed by atoms with van der Waals surface area (Å²) in [7, 11) is 0. The van der Waals surface area contributed by atoms with E-state index < -0.39 is 5.82 Å². The minimum Gasteiger partial charge on any atom is -0.356 e. The third-order valence-corrected chi connectivity index (χ3v) is 3.61. The Morgan fingerprint density at radius 3 is 2.55 bits per heavy atom. The molecular weight excluding hydrogens is 259 g/mol. The van der Waals surface area contributed by atoms with Gasteiger partial charge in [-0.25, -0.2) is 4.39 Å². The van der Waals surface area contributed by atoms with Gasteiger partial charge in [0, 0.05) is 25.6 Å². The first-order valence-corrected chi connectivity index (χ1v) is 6.95. The van der Waals surface area contributed by atoms with E-state index in [1.165, 1.54) is 12.1 Å². The van der Waals surface area contributed by atoms with Crippen molar-refractivity contribution in [2.75, 3.05) is 19.6 Å². The number of piperidine rings is 1. The predicted molar refractivity (Wildman–Crippen MR) is 73.7 cm³/mol. The molecule has 20 heavy (non-hydrogen) atoms. The number of hydrogen-bond acceptors (Lipinski definition) is 2. The second kappa shape index (κ2) is 6.50. The summed E-state index contributed by atoms with van der Waals surface area (Å²) in [6.45, 7) is 3.49. The Kier molecular flexibility index (Phi) is 4.71. The molecule has 1 heterocycles. The molecule has 1 aromatic carbocycles. The zero-order chi connectivity index (χ0) is 14.5. The molecule has 0 spiro atoms. The quantitative estimate of drug-likeness (QED) is 0.916. The highest BCUT2D eigenvalue weighted by atomic mass is 19.1. The first kappa shape index (κ1) is 14.5. The molecular formula is C15H19FN2O2. The lowest BCUT2D eigenvalue weighted by Crippen LogP contribution is -2.43. The summed E-state index contributed by atoms with van der Waals surface area (Å²) in [4.78, 5) is 25.6. The van der Waals surface area contributed by atoms with E-state index in [0.29, 0.717) is 32.5 Å². The predicted octanol–water partition coefficient (Wildman–Crippen LogP) is 1.81. The van der Waals surface area contributed by atoms with Gasteiger partial charge >= 0.3 is 0 Å². The molecule has 0 radical (unpaired) electrons. The highest BCUT2D eigenvalue weighted by molar-refractivity contribution is 5.94. The van der Waals surface area contributed by atoms with Crippen LogP contribution >= 0.6 is 0 Å². The molecule has 1 aromatic rings. The van der Waals surface area contributed by atoms with E-state index >= 15 is 0 Å². The van der Waals surface area contributed by atoms with Crippen molar-refractivity contribution in [2.24, 2.45) is 5.92 Å². The summed E-state index contributed by atoms with van der Waals surface area (Å²) in [6, 6.07) is 5.99. The lowest BCUT2D eigenvalue weighted by atomic mass is 9.95. The van der Waals surface area contributed by atoms with Crippen molar-refractivity contribution in [1.29, 1.82) is 0 Å². The first-order valence-electron chi connectivity index (χ1n) is 6.95. The van der Waals surface area contributed by atoms with Crippen molar-refractivity contribution in [2.45, 2.75) is 19.8 Å². The number of carbonyl (C=O) groups excluding carboxylic acids is 2.